The summed E-state index contributed by atoms with van der Waals surface area (Å²) in [4.78, 5) is 10.4. The lowest BCUT2D eigenvalue weighted by Gasteiger charge is -2.14. The third-order valence-corrected chi connectivity index (χ3v) is 2.72. The van der Waals surface area contributed by atoms with Gasteiger partial charge in [0.25, 0.3) is 0 Å². The summed E-state index contributed by atoms with van der Waals surface area (Å²) in [6, 6.07) is 0. The minimum absolute atomic E-state index is 0.377. The normalized spacial score (nSPS) is 33.8. The Bertz CT molecular complexity index is 136. The van der Waals surface area contributed by atoms with Gasteiger partial charge in [-0.15, -0.1) is 0 Å². The molecule has 0 saturated carbocycles. The quantitative estimate of drug-likeness (QED) is 0.395. The molecule has 1 aliphatic rings. The van der Waals surface area contributed by atoms with E-state index in [1.54, 1.807) is 0 Å². The molecule has 1 atom stereocenters. The zero-order valence-corrected chi connectivity index (χ0v) is 7.17. The molecule has 1 aliphatic heterocycles. The molecule has 0 amide bonds. The average Bonchev–Trinajstić information content (AvgIpc) is 2.13. The minimum Gasteiger partial charge on any atom is -0.430 e. The zero-order valence-electron chi connectivity index (χ0n) is 5.02. The Labute approximate surface area is 66.8 Å². The van der Waals surface area contributed by atoms with E-state index in [0.29, 0.717) is 6.61 Å². The molecule has 3 nitrogen and oxygen atoms in total. The van der Waals surface area contributed by atoms with Crippen molar-refractivity contribution in [3.8, 4) is 0 Å². The van der Waals surface area contributed by atoms with Gasteiger partial charge in [-0.05, 0) is 6.92 Å². The van der Waals surface area contributed by atoms with Crippen molar-refractivity contribution in [3.05, 3.63) is 0 Å². The van der Waals surface area contributed by atoms with Crippen molar-refractivity contribution in [2.75, 3.05) is 11.0 Å². The Morgan fingerprint density at radius 2 is 2.56 bits per heavy atom. The summed E-state index contributed by atoms with van der Waals surface area (Å²) in [5.41, 5.74) is -0.377. The molecule has 52 valence electrons. The molecule has 0 N–H and O–H groups in total. The maximum Gasteiger partial charge on any atom is 0.509 e. The first kappa shape index (κ1) is 7.11. The van der Waals surface area contributed by atoms with Crippen LogP contribution in [0, 0.1) is 0 Å². The predicted molar refractivity (Wildman–Crippen MR) is 39.7 cm³/mol. The molecule has 1 fully saturated rings. The van der Waals surface area contributed by atoms with Gasteiger partial charge < -0.3 is 9.47 Å². The highest BCUT2D eigenvalue weighted by atomic mass is 127. The van der Waals surface area contributed by atoms with Gasteiger partial charge in [-0.2, -0.15) is 0 Å². The summed E-state index contributed by atoms with van der Waals surface area (Å²) in [7, 11) is 0. The van der Waals surface area contributed by atoms with E-state index in [4.69, 9.17) is 4.74 Å². The first-order chi connectivity index (χ1) is 4.16. The molecule has 0 radical (unpaired) electrons. The highest BCUT2D eigenvalue weighted by Gasteiger charge is 2.36. The van der Waals surface area contributed by atoms with E-state index >= 15 is 0 Å². The molecule has 4 heteroatoms. The van der Waals surface area contributed by atoms with E-state index in [9.17, 15) is 4.79 Å². The summed E-state index contributed by atoms with van der Waals surface area (Å²) in [6.45, 7) is 2.24. The van der Waals surface area contributed by atoms with Crippen molar-refractivity contribution in [2.24, 2.45) is 0 Å². The number of halogens is 1. The van der Waals surface area contributed by atoms with Crippen LogP contribution in [0.15, 0.2) is 0 Å². The van der Waals surface area contributed by atoms with Crippen LogP contribution in [0.5, 0.6) is 0 Å². The first-order valence-corrected chi connectivity index (χ1v) is 4.11. The summed E-state index contributed by atoms with van der Waals surface area (Å²) in [5.74, 6) is 0. The summed E-state index contributed by atoms with van der Waals surface area (Å²) in [5, 5.41) is 0. The Morgan fingerprint density at radius 3 is 2.78 bits per heavy atom. The SMILES string of the molecule is CC1(CI)COC(=O)O1. The van der Waals surface area contributed by atoms with Crippen molar-refractivity contribution in [3.63, 3.8) is 0 Å². The van der Waals surface area contributed by atoms with Crippen LogP contribution >= 0.6 is 22.6 Å². The van der Waals surface area contributed by atoms with E-state index in [1.165, 1.54) is 0 Å². The van der Waals surface area contributed by atoms with Gasteiger partial charge in [0.1, 0.15) is 6.61 Å². The van der Waals surface area contributed by atoms with Crippen molar-refractivity contribution < 1.29 is 14.3 Å². The monoisotopic (exact) mass is 242 g/mol. The summed E-state index contributed by atoms with van der Waals surface area (Å²) < 4.78 is 10.2. The number of alkyl halides is 1. The smallest absolute Gasteiger partial charge is 0.430 e. The lowest BCUT2D eigenvalue weighted by molar-refractivity contribution is 0.0884. The number of carbonyl (C=O) groups excluding carboxylic acids is 1. The lowest BCUT2D eigenvalue weighted by Crippen LogP contribution is -2.28. The maximum absolute atomic E-state index is 10.4. The molecule has 0 aromatic carbocycles. The van der Waals surface area contributed by atoms with Crippen molar-refractivity contribution in [1.29, 1.82) is 0 Å². The second-order valence-corrected chi connectivity index (χ2v) is 2.99. The fourth-order valence-electron chi connectivity index (χ4n) is 0.538. The first-order valence-electron chi connectivity index (χ1n) is 2.58. The van der Waals surface area contributed by atoms with Crippen molar-refractivity contribution in [2.45, 2.75) is 12.5 Å². The van der Waals surface area contributed by atoms with Crippen LogP contribution in [0.3, 0.4) is 0 Å². The van der Waals surface area contributed by atoms with Gasteiger partial charge in [0, 0.05) is 4.43 Å². The minimum atomic E-state index is -0.547. The number of rotatable bonds is 1. The highest BCUT2D eigenvalue weighted by Crippen LogP contribution is 2.21. The molecule has 9 heavy (non-hydrogen) atoms. The second kappa shape index (κ2) is 2.32. The zero-order chi connectivity index (χ0) is 6.91. The molecule has 1 unspecified atom stereocenters. The maximum atomic E-state index is 10.4. The molecule has 0 aliphatic carbocycles. The van der Waals surface area contributed by atoms with Gasteiger partial charge in [0.05, 0.1) is 0 Å². The number of cyclic esters (lactones) is 2. The topological polar surface area (TPSA) is 35.5 Å². The van der Waals surface area contributed by atoms with Gasteiger partial charge >= 0.3 is 6.16 Å². The number of carbonyl (C=O) groups is 1. The Hall–Kier alpha value is 0. The molecule has 0 aromatic rings. The fraction of sp³-hybridized carbons (Fsp3) is 0.800. The molecular weight excluding hydrogens is 235 g/mol. The van der Waals surface area contributed by atoms with E-state index in [2.05, 4.69) is 27.3 Å². The van der Waals surface area contributed by atoms with Crippen LogP contribution in [-0.2, 0) is 9.47 Å². The predicted octanol–water partition coefficient (Wildman–Crippen LogP) is 1.35. The second-order valence-electron chi connectivity index (χ2n) is 2.22. The standard InChI is InChI=1S/C5H7IO3/c1-5(2-6)3-8-4(7)9-5/h2-3H2,1H3. The van der Waals surface area contributed by atoms with Gasteiger partial charge in [-0.1, -0.05) is 22.6 Å². The molecule has 0 aromatic heterocycles. The van der Waals surface area contributed by atoms with Crippen LogP contribution in [0.4, 0.5) is 4.79 Å². The lowest BCUT2D eigenvalue weighted by atomic mass is 10.2. The van der Waals surface area contributed by atoms with E-state index in [-0.39, 0.29) is 5.60 Å². The number of hydrogen-bond donors (Lipinski definition) is 0. The molecule has 0 spiro atoms. The van der Waals surface area contributed by atoms with Gasteiger partial charge in [0.15, 0.2) is 5.60 Å². The molecule has 1 saturated heterocycles. The fourth-order valence-corrected chi connectivity index (χ4v) is 0.913. The number of ether oxygens (including phenoxy) is 2. The van der Waals surface area contributed by atoms with E-state index < -0.39 is 6.16 Å². The van der Waals surface area contributed by atoms with Crippen LogP contribution in [-0.4, -0.2) is 22.8 Å². The van der Waals surface area contributed by atoms with Crippen LogP contribution in [0.1, 0.15) is 6.92 Å². The third kappa shape index (κ3) is 1.47. The van der Waals surface area contributed by atoms with Crippen LogP contribution in [0.25, 0.3) is 0 Å². The average molecular weight is 242 g/mol. The molecule has 1 rings (SSSR count). The van der Waals surface area contributed by atoms with E-state index in [0.717, 1.165) is 4.43 Å². The molecular formula is C5H7IO3. The Morgan fingerprint density at radius 1 is 1.89 bits per heavy atom. The third-order valence-electron chi connectivity index (χ3n) is 1.11. The summed E-state index contributed by atoms with van der Waals surface area (Å²) >= 11 is 2.16. The van der Waals surface area contributed by atoms with Crippen LogP contribution < -0.4 is 0 Å². The van der Waals surface area contributed by atoms with Gasteiger partial charge in [-0.3, -0.25) is 0 Å². The molecule has 0 bridgehead atoms. The molecule has 1 heterocycles. The Balaban J connectivity index is 2.54. The highest BCUT2D eigenvalue weighted by molar-refractivity contribution is 14.1. The van der Waals surface area contributed by atoms with Crippen molar-refractivity contribution >= 4 is 28.7 Å². The van der Waals surface area contributed by atoms with Crippen molar-refractivity contribution in [1.82, 2.24) is 0 Å². The van der Waals surface area contributed by atoms with Gasteiger partial charge in [-0.25, -0.2) is 4.79 Å². The number of hydrogen-bond acceptors (Lipinski definition) is 3. The Kier molecular flexibility index (Phi) is 1.83. The van der Waals surface area contributed by atoms with Gasteiger partial charge in [0.2, 0.25) is 0 Å². The van der Waals surface area contributed by atoms with Crippen LogP contribution in [0.2, 0.25) is 0 Å². The van der Waals surface area contributed by atoms with E-state index in [1.807, 2.05) is 6.92 Å². The summed E-state index contributed by atoms with van der Waals surface area (Å²) in [6.07, 6.45) is -0.547. The largest absolute Gasteiger partial charge is 0.509 e.